The Morgan fingerprint density at radius 1 is 0.773 bits per heavy atom. The molecule has 0 aromatic heterocycles. The Labute approximate surface area is 151 Å². The van der Waals surface area contributed by atoms with Crippen LogP contribution in [0, 0.1) is 0 Å². The third kappa shape index (κ3) is 6.13. The van der Waals surface area contributed by atoms with Crippen LogP contribution in [-0.2, 0) is 49.0 Å². The quantitative estimate of drug-likeness (QED) is 0.422. The van der Waals surface area contributed by atoms with E-state index in [0.29, 0.717) is 0 Å². The van der Waals surface area contributed by atoms with Crippen LogP contribution in [0.5, 0.6) is 0 Å². The van der Waals surface area contributed by atoms with Gasteiger partial charge in [0.25, 0.3) is 0 Å². The van der Waals surface area contributed by atoms with Crippen molar-refractivity contribution in [2.24, 2.45) is 0 Å². The molecule has 0 radical (unpaired) electrons. The molecule has 0 amide bonds. The molecule has 2 heteroatoms. The van der Waals surface area contributed by atoms with Crippen LogP contribution in [0.3, 0.4) is 0 Å². The smallest absolute Gasteiger partial charge is 0.0512 e. The summed E-state index contributed by atoms with van der Waals surface area (Å²) in [6.45, 7) is 4.62. The summed E-state index contributed by atoms with van der Waals surface area (Å²) in [4.78, 5) is 0. The van der Waals surface area contributed by atoms with Gasteiger partial charge in [0.05, 0.1) is 0 Å². The summed E-state index contributed by atoms with van der Waals surface area (Å²) in [5.74, 6) is 0. The third-order valence-corrected chi connectivity index (χ3v) is 4.30. The largest absolute Gasteiger partial charge is 0.210 e. The van der Waals surface area contributed by atoms with Crippen LogP contribution in [0.4, 0.5) is 0 Å². The second-order valence-electron chi connectivity index (χ2n) is 6.57. The second kappa shape index (κ2) is 9.83. The van der Waals surface area contributed by atoms with E-state index in [-0.39, 0.29) is 5.43 Å². The molecule has 0 nitrogen and oxygen atoms in total. The maximum absolute atomic E-state index is 2.31. The standard InChI is InChI=1S/2C9H11.C2H6Si.Zr/c2*1-2-5-9-7-3-6-8(9)4-1;1-3-2;/h2*3,6-7H,1-2,4-5H2;1-2H3;/q2*-1;;+2. The SMILES string of the molecule is C[Si](C)=[Zr+2].c1cc2c([cH-]1)CCCC2.c1cc2c([cH-]1)CCCC2. The average Bonchev–Trinajstić information content (AvgIpc) is 3.16. The fourth-order valence-electron chi connectivity index (χ4n) is 3.23. The molecule has 2 aliphatic rings. The molecule has 0 unspecified atom stereocenters. The molecule has 0 N–H and O–H groups in total. The fourth-order valence-corrected chi connectivity index (χ4v) is 3.23. The van der Waals surface area contributed by atoms with E-state index < -0.39 is 0 Å². The molecule has 2 aliphatic carbocycles. The summed E-state index contributed by atoms with van der Waals surface area (Å²) in [7, 11) is 0. The number of hydrogen-bond acceptors (Lipinski definition) is 0. The van der Waals surface area contributed by atoms with Gasteiger partial charge in [-0.15, -0.1) is 0 Å². The predicted molar refractivity (Wildman–Crippen MR) is 94.8 cm³/mol. The molecule has 4 rings (SSSR count). The Hall–Kier alpha value is -0.200. The van der Waals surface area contributed by atoms with E-state index >= 15 is 0 Å². The minimum absolute atomic E-state index is 0.210. The molecule has 2 aromatic rings. The van der Waals surface area contributed by atoms with Crippen LogP contribution < -0.4 is 0 Å². The molecular formula is C20H28SiZr. The van der Waals surface area contributed by atoms with Crippen molar-refractivity contribution in [3.05, 3.63) is 58.7 Å². The van der Waals surface area contributed by atoms with Gasteiger partial charge in [-0.05, 0) is 0 Å². The fraction of sp³-hybridized carbons (Fsp3) is 0.500. The van der Waals surface area contributed by atoms with Crippen molar-refractivity contribution < 1.29 is 23.3 Å². The first-order valence-corrected chi connectivity index (χ1v) is 14.8. The van der Waals surface area contributed by atoms with E-state index in [2.05, 4.69) is 49.5 Å². The van der Waals surface area contributed by atoms with Gasteiger partial charge in [0.15, 0.2) is 0 Å². The molecule has 0 saturated heterocycles. The summed E-state index contributed by atoms with van der Waals surface area (Å²) in [5.41, 5.74) is 6.60. The van der Waals surface area contributed by atoms with Crippen LogP contribution in [0.25, 0.3) is 0 Å². The molecule has 2 aromatic carbocycles. The van der Waals surface area contributed by atoms with Crippen LogP contribution in [-0.4, -0.2) is 5.43 Å². The summed E-state index contributed by atoms with van der Waals surface area (Å²) in [6.07, 6.45) is 10.9. The molecule has 0 saturated carbocycles. The molecule has 116 valence electrons. The average molecular weight is 388 g/mol. The topological polar surface area (TPSA) is 0 Å². The Morgan fingerprint density at radius 2 is 1.14 bits per heavy atom. The molecule has 0 spiro atoms. The normalized spacial score (nSPS) is 15.5. The zero-order chi connectivity index (χ0) is 15.8. The Bertz CT molecular complexity index is 485. The van der Waals surface area contributed by atoms with Gasteiger partial charge in [0, 0.05) is 0 Å². The molecule has 0 aliphatic heterocycles. The number of hydrogen-bond donors (Lipinski definition) is 0. The predicted octanol–water partition coefficient (Wildman–Crippen LogP) is 5.35. The molecule has 0 heterocycles. The number of fused-ring (bicyclic) bond motifs is 2. The molecule has 22 heavy (non-hydrogen) atoms. The van der Waals surface area contributed by atoms with Gasteiger partial charge in [-0.1, -0.05) is 51.4 Å². The van der Waals surface area contributed by atoms with Gasteiger partial charge in [-0.3, -0.25) is 0 Å². The minimum atomic E-state index is 0.210. The molecule has 0 atom stereocenters. The first-order valence-electron chi connectivity index (χ1n) is 8.65. The van der Waals surface area contributed by atoms with E-state index in [1.54, 1.807) is 45.6 Å². The summed E-state index contributed by atoms with van der Waals surface area (Å²) in [5, 5.41) is 0. The van der Waals surface area contributed by atoms with E-state index in [9.17, 15) is 0 Å². The Kier molecular flexibility index (Phi) is 8.11. The van der Waals surface area contributed by atoms with Gasteiger partial charge in [0.1, 0.15) is 0 Å². The summed E-state index contributed by atoms with van der Waals surface area (Å²) < 4.78 is 0. The van der Waals surface area contributed by atoms with Crippen LogP contribution in [0.1, 0.15) is 47.9 Å². The maximum Gasteiger partial charge on any atom is -0.0512 e. The zero-order valence-corrected chi connectivity index (χ0v) is 17.6. The van der Waals surface area contributed by atoms with Crippen LogP contribution in [0.15, 0.2) is 36.4 Å². The zero-order valence-electron chi connectivity index (χ0n) is 14.1. The maximum atomic E-state index is 2.31. The molecule has 0 fully saturated rings. The number of aryl methyl sites for hydroxylation is 4. The van der Waals surface area contributed by atoms with E-state index in [1.807, 2.05) is 0 Å². The van der Waals surface area contributed by atoms with Crippen molar-refractivity contribution >= 4 is 5.43 Å². The third-order valence-electron chi connectivity index (χ3n) is 4.30. The van der Waals surface area contributed by atoms with Crippen LogP contribution >= 0.6 is 0 Å². The molecular weight excluding hydrogens is 360 g/mol. The van der Waals surface area contributed by atoms with Gasteiger partial charge in [0.2, 0.25) is 0 Å². The summed E-state index contributed by atoms with van der Waals surface area (Å²) in [6, 6.07) is 13.4. The van der Waals surface area contributed by atoms with Gasteiger partial charge < -0.3 is 0 Å². The van der Waals surface area contributed by atoms with Gasteiger partial charge in [-0.2, -0.15) is 46.5 Å². The van der Waals surface area contributed by atoms with Crippen molar-refractivity contribution in [1.82, 2.24) is 0 Å². The van der Waals surface area contributed by atoms with Gasteiger partial charge in [-0.25, -0.2) is 12.1 Å². The van der Waals surface area contributed by atoms with Crippen molar-refractivity contribution in [2.45, 2.75) is 64.5 Å². The van der Waals surface area contributed by atoms with Gasteiger partial charge >= 0.3 is 41.9 Å². The Balaban J connectivity index is 0.000000131. The van der Waals surface area contributed by atoms with Crippen molar-refractivity contribution in [2.75, 3.05) is 0 Å². The first kappa shape index (κ1) is 18.1. The molecule has 0 bridgehead atoms. The monoisotopic (exact) mass is 386 g/mol. The minimum Gasteiger partial charge on any atom is -0.210 e. The van der Waals surface area contributed by atoms with Crippen molar-refractivity contribution in [1.29, 1.82) is 0 Å². The van der Waals surface area contributed by atoms with Crippen molar-refractivity contribution in [3.8, 4) is 0 Å². The first-order chi connectivity index (χ1) is 10.7. The van der Waals surface area contributed by atoms with E-state index in [4.69, 9.17) is 0 Å². The summed E-state index contributed by atoms with van der Waals surface area (Å²) >= 11 is 1.74. The van der Waals surface area contributed by atoms with E-state index in [1.165, 1.54) is 51.4 Å². The number of rotatable bonds is 0. The van der Waals surface area contributed by atoms with Crippen LogP contribution in [0.2, 0.25) is 13.1 Å². The van der Waals surface area contributed by atoms with Crippen molar-refractivity contribution in [3.63, 3.8) is 0 Å². The van der Waals surface area contributed by atoms with E-state index in [0.717, 1.165) is 0 Å². The Morgan fingerprint density at radius 3 is 1.50 bits per heavy atom. The second-order valence-corrected chi connectivity index (χ2v) is 15.9.